The Labute approximate surface area is 112 Å². The number of aromatic nitrogens is 1. The molecule has 1 aliphatic heterocycles. The van der Waals surface area contributed by atoms with Crippen LogP contribution >= 0.6 is 11.3 Å². The molecule has 2 heterocycles. The number of thiazole rings is 1. The predicted octanol–water partition coefficient (Wildman–Crippen LogP) is 1.63. The standard InChI is InChI=1S/C12H20N4OS/c1-10(2)9-14-11(17)15-4-6-16(7-5-15)12-13-3-8-18-12/h3,8,10H,4-7,9H2,1-2H3,(H,14,17). The highest BCUT2D eigenvalue weighted by molar-refractivity contribution is 7.13. The lowest BCUT2D eigenvalue weighted by Crippen LogP contribution is -2.52. The summed E-state index contributed by atoms with van der Waals surface area (Å²) in [5.74, 6) is 0.491. The Kier molecular flexibility index (Phi) is 4.41. The van der Waals surface area contributed by atoms with Gasteiger partial charge in [0.25, 0.3) is 0 Å². The summed E-state index contributed by atoms with van der Waals surface area (Å²) < 4.78 is 0. The molecule has 5 nitrogen and oxygen atoms in total. The maximum Gasteiger partial charge on any atom is 0.317 e. The van der Waals surface area contributed by atoms with Crippen LogP contribution in [0.4, 0.5) is 9.93 Å². The molecule has 0 atom stereocenters. The number of carbonyl (C=O) groups is 1. The summed E-state index contributed by atoms with van der Waals surface area (Å²) in [7, 11) is 0. The molecule has 6 heteroatoms. The molecule has 0 radical (unpaired) electrons. The van der Waals surface area contributed by atoms with Crippen molar-refractivity contribution in [2.75, 3.05) is 37.6 Å². The van der Waals surface area contributed by atoms with E-state index in [0.29, 0.717) is 5.92 Å². The van der Waals surface area contributed by atoms with E-state index in [2.05, 4.69) is 29.0 Å². The van der Waals surface area contributed by atoms with Crippen molar-refractivity contribution in [1.29, 1.82) is 0 Å². The summed E-state index contributed by atoms with van der Waals surface area (Å²) in [4.78, 5) is 20.3. The maximum absolute atomic E-state index is 11.9. The van der Waals surface area contributed by atoms with Gasteiger partial charge < -0.3 is 15.1 Å². The molecule has 2 rings (SSSR count). The van der Waals surface area contributed by atoms with Gasteiger partial charge in [0.1, 0.15) is 0 Å². The molecule has 1 aliphatic rings. The van der Waals surface area contributed by atoms with Crippen molar-refractivity contribution in [2.45, 2.75) is 13.8 Å². The van der Waals surface area contributed by atoms with Crippen LogP contribution in [0.25, 0.3) is 0 Å². The molecule has 1 aromatic heterocycles. The van der Waals surface area contributed by atoms with Gasteiger partial charge in [-0.05, 0) is 5.92 Å². The second-order valence-electron chi connectivity index (χ2n) is 4.87. The van der Waals surface area contributed by atoms with E-state index < -0.39 is 0 Å². The molecule has 0 bridgehead atoms. The van der Waals surface area contributed by atoms with Crippen LogP contribution in [-0.4, -0.2) is 48.6 Å². The molecule has 0 saturated carbocycles. The van der Waals surface area contributed by atoms with E-state index in [4.69, 9.17) is 0 Å². The van der Waals surface area contributed by atoms with Crippen LogP contribution in [-0.2, 0) is 0 Å². The van der Waals surface area contributed by atoms with Crippen LogP contribution in [0.3, 0.4) is 0 Å². The molecule has 18 heavy (non-hydrogen) atoms. The second-order valence-corrected chi connectivity index (χ2v) is 5.74. The average Bonchev–Trinajstić information content (AvgIpc) is 2.90. The molecule has 1 saturated heterocycles. The van der Waals surface area contributed by atoms with Gasteiger partial charge in [-0.1, -0.05) is 13.8 Å². The normalized spacial score (nSPS) is 16.2. The van der Waals surface area contributed by atoms with E-state index in [-0.39, 0.29) is 6.03 Å². The van der Waals surface area contributed by atoms with Gasteiger partial charge in [-0.2, -0.15) is 0 Å². The lowest BCUT2D eigenvalue weighted by molar-refractivity contribution is 0.193. The minimum Gasteiger partial charge on any atom is -0.345 e. The van der Waals surface area contributed by atoms with E-state index in [1.807, 2.05) is 16.5 Å². The summed E-state index contributed by atoms with van der Waals surface area (Å²) in [5.41, 5.74) is 0. The fourth-order valence-corrected chi connectivity index (χ4v) is 2.57. The van der Waals surface area contributed by atoms with Gasteiger partial charge in [0.05, 0.1) is 0 Å². The number of amides is 2. The van der Waals surface area contributed by atoms with Crippen molar-refractivity contribution in [2.24, 2.45) is 5.92 Å². The Bertz CT molecular complexity index is 371. The highest BCUT2D eigenvalue weighted by Gasteiger charge is 2.21. The van der Waals surface area contributed by atoms with Crippen molar-refractivity contribution >= 4 is 22.5 Å². The van der Waals surface area contributed by atoms with Gasteiger partial charge in [0, 0.05) is 44.3 Å². The van der Waals surface area contributed by atoms with Crippen molar-refractivity contribution < 1.29 is 4.79 Å². The van der Waals surface area contributed by atoms with Crippen LogP contribution in [0.1, 0.15) is 13.8 Å². The van der Waals surface area contributed by atoms with Crippen LogP contribution in [0.15, 0.2) is 11.6 Å². The van der Waals surface area contributed by atoms with Crippen molar-refractivity contribution in [3.63, 3.8) is 0 Å². The zero-order chi connectivity index (χ0) is 13.0. The minimum atomic E-state index is 0.0579. The van der Waals surface area contributed by atoms with Gasteiger partial charge in [-0.3, -0.25) is 0 Å². The van der Waals surface area contributed by atoms with Crippen molar-refractivity contribution in [1.82, 2.24) is 15.2 Å². The largest absolute Gasteiger partial charge is 0.345 e. The molecule has 100 valence electrons. The van der Waals surface area contributed by atoms with Crippen LogP contribution in [0.2, 0.25) is 0 Å². The molecule has 0 unspecified atom stereocenters. The van der Waals surface area contributed by atoms with Gasteiger partial charge in [-0.25, -0.2) is 9.78 Å². The monoisotopic (exact) mass is 268 g/mol. The van der Waals surface area contributed by atoms with E-state index in [1.165, 1.54) is 0 Å². The first-order valence-electron chi connectivity index (χ1n) is 6.34. The lowest BCUT2D eigenvalue weighted by Gasteiger charge is -2.34. The topological polar surface area (TPSA) is 48.5 Å². The maximum atomic E-state index is 11.9. The van der Waals surface area contributed by atoms with Gasteiger partial charge in [0.2, 0.25) is 0 Å². The Morgan fingerprint density at radius 3 is 2.72 bits per heavy atom. The zero-order valence-electron chi connectivity index (χ0n) is 10.9. The SMILES string of the molecule is CC(C)CNC(=O)N1CCN(c2nccs2)CC1. The Balaban J connectivity index is 1.78. The Morgan fingerprint density at radius 2 is 2.17 bits per heavy atom. The molecule has 0 aromatic carbocycles. The first-order valence-corrected chi connectivity index (χ1v) is 7.22. The number of anilines is 1. The molecule has 2 amide bonds. The molecular weight excluding hydrogens is 248 g/mol. The Hall–Kier alpha value is -1.30. The van der Waals surface area contributed by atoms with E-state index in [9.17, 15) is 4.79 Å². The third kappa shape index (κ3) is 3.35. The van der Waals surface area contributed by atoms with Gasteiger partial charge in [-0.15, -0.1) is 11.3 Å². The highest BCUT2D eigenvalue weighted by atomic mass is 32.1. The number of carbonyl (C=O) groups excluding carboxylic acids is 1. The molecule has 0 spiro atoms. The second kappa shape index (κ2) is 6.04. The van der Waals surface area contributed by atoms with Gasteiger partial charge >= 0.3 is 6.03 Å². The summed E-state index contributed by atoms with van der Waals surface area (Å²) >= 11 is 1.65. The number of urea groups is 1. The van der Waals surface area contributed by atoms with Crippen LogP contribution in [0.5, 0.6) is 0 Å². The number of piperazine rings is 1. The number of nitrogens with zero attached hydrogens (tertiary/aromatic N) is 3. The quantitative estimate of drug-likeness (QED) is 0.906. The molecular formula is C12H20N4OS. The molecule has 1 N–H and O–H groups in total. The third-order valence-electron chi connectivity index (χ3n) is 2.92. The fraction of sp³-hybridized carbons (Fsp3) is 0.667. The molecule has 1 fully saturated rings. The van der Waals surface area contributed by atoms with Crippen LogP contribution < -0.4 is 10.2 Å². The fourth-order valence-electron chi connectivity index (χ4n) is 1.88. The van der Waals surface area contributed by atoms with Gasteiger partial charge in [0.15, 0.2) is 5.13 Å². The molecule has 0 aliphatic carbocycles. The summed E-state index contributed by atoms with van der Waals surface area (Å²) in [6.07, 6.45) is 1.82. The predicted molar refractivity (Wildman–Crippen MR) is 74.1 cm³/mol. The highest BCUT2D eigenvalue weighted by Crippen LogP contribution is 2.18. The first-order chi connectivity index (χ1) is 8.66. The summed E-state index contributed by atoms with van der Waals surface area (Å²) in [5, 5.41) is 5.99. The lowest BCUT2D eigenvalue weighted by atomic mass is 10.2. The summed E-state index contributed by atoms with van der Waals surface area (Å²) in [6.45, 7) is 8.20. The first kappa shape index (κ1) is 13.1. The number of hydrogen-bond acceptors (Lipinski definition) is 4. The van der Waals surface area contributed by atoms with E-state index >= 15 is 0 Å². The number of nitrogens with one attached hydrogen (secondary N) is 1. The van der Waals surface area contributed by atoms with Crippen LogP contribution in [0, 0.1) is 5.92 Å². The number of rotatable bonds is 3. The van der Waals surface area contributed by atoms with Crippen molar-refractivity contribution in [3.8, 4) is 0 Å². The Morgan fingerprint density at radius 1 is 1.44 bits per heavy atom. The van der Waals surface area contributed by atoms with E-state index in [0.717, 1.165) is 37.9 Å². The summed E-state index contributed by atoms with van der Waals surface area (Å²) in [6, 6.07) is 0.0579. The van der Waals surface area contributed by atoms with Crippen molar-refractivity contribution in [3.05, 3.63) is 11.6 Å². The zero-order valence-corrected chi connectivity index (χ0v) is 11.7. The van der Waals surface area contributed by atoms with E-state index in [1.54, 1.807) is 11.3 Å². The molecule has 1 aromatic rings. The minimum absolute atomic E-state index is 0.0579. The number of hydrogen-bond donors (Lipinski definition) is 1. The average molecular weight is 268 g/mol. The third-order valence-corrected chi connectivity index (χ3v) is 3.75. The smallest absolute Gasteiger partial charge is 0.317 e.